The molecule has 1 aromatic heterocycles. The smallest absolute Gasteiger partial charge is 0.244 e. The average molecular weight is 347 g/mol. The van der Waals surface area contributed by atoms with E-state index < -0.39 is 10.0 Å². The van der Waals surface area contributed by atoms with Gasteiger partial charge in [0.05, 0.1) is 0 Å². The molecule has 1 atom stereocenters. The molecule has 6 heteroatoms. The van der Waals surface area contributed by atoms with E-state index in [0.29, 0.717) is 11.0 Å². The normalized spacial score (nSPS) is 22.1. The minimum Gasteiger partial charge on any atom is -0.262 e. The second-order valence-corrected chi connectivity index (χ2v) is 7.67. The second-order valence-electron chi connectivity index (χ2n) is 4.87. The van der Waals surface area contributed by atoms with Crippen molar-refractivity contribution in [2.24, 2.45) is 0 Å². The Hall–Kier alpha value is -0.460. The Morgan fingerprint density at radius 3 is 2.84 bits per heavy atom. The molecule has 0 amide bonds. The SMILES string of the molecule is CCC1CCCCCN1S(=O)(=O)c1cncc(Br)c1. The van der Waals surface area contributed by atoms with Crippen LogP contribution in [0.15, 0.2) is 27.8 Å². The van der Waals surface area contributed by atoms with Crippen LogP contribution in [0.1, 0.15) is 39.0 Å². The van der Waals surface area contributed by atoms with Crippen molar-refractivity contribution in [2.75, 3.05) is 6.54 Å². The molecule has 0 aliphatic carbocycles. The van der Waals surface area contributed by atoms with Crippen LogP contribution < -0.4 is 0 Å². The van der Waals surface area contributed by atoms with Gasteiger partial charge in [0.2, 0.25) is 10.0 Å². The second kappa shape index (κ2) is 6.33. The van der Waals surface area contributed by atoms with Crippen LogP contribution in [0.5, 0.6) is 0 Å². The molecule has 0 radical (unpaired) electrons. The topological polar surface area (TPSA) is 50.3 Å². The van der Waals surface area contributed by atoms with Gasteiger partial charge in [-0.1, -0.05) is 19.8 Å². The van der Waals surface area contributed by atoms with Gasteiger partial charge in [-0.2, -0.15) is 4.31 Å². The van der Waals surface area contributed by atoms with Crippen molar-refractivity contribution in [1.29, 1.82) is 0 Å². The van der Waals surface area contributed by atoms with Crippen molar-refractivity contribution in [3.8, 4) is 0 Å². The third-order valence-electron chi connectivity index (χ3n) is 3.58. The molecule has 1 unspecified atom stereocenters. The van der Waals surface area contributed by atoms with Crippen LogP contribution in [0.25, 0.3) is 0 Å². The quantitative estimate of drug-likeness (QED) is 0.844. The van der Waals surface area contributed by atoms with Crippen molar-refractivity contribution >= 4 is 26.0 Å². The molecule has 0 bridgehead atoms. The van der Waals surface area contributed by atoms with E-state index in [1.165, 1.54) is 6.20 Å². The van der Waals surface area contributed by atoms with Gasteiger partial charge in [0, 0.05) is 29.5 Å². The van der Waals surface area contributed by atoms with E-state index in [2.05, 4.69) is 27.8 Å². The maximum atomic E-state index is 12.7. The minimum atomic E-state index is -3.43. The van der Waals surface area contributed by atoms with Crippen molar-refractivity contribution in [3.05, 3.63) is 22.9 Å². The molecule has 4 nitrogen and oxygen atoms in total. The Kier molecular flexibility index (Phi) is 4.97. The van der Waals surface area contributed by atoms with Gasteiger partial charge in [0.15, 0.2) is 0 Å². The molecule has 1 fully saturated rings. The minimum absolute atomic E-state index is 0.117. The molecule has 1 aliphatic heterocycles. The van der Waals surface area contributed by atoms with Gasteiger partial charge in [-0.25, -0.2) is 8.42 Å². The fraction of sp³-hybridized carbons (Fsp3) is 0.615. The number of pyridine rings is 1. The number of nitrogens with zero attached hydrogens (tertiary/aromatic N) is 2. The number of rotatable bonds is 3. The van der Waals surface area contributed by atoms with Crippen molar-refractivity contribution in [1.82, 2.24) is 9.29 Å². The third-order valence-corrected chi connectivity index (χ3v) is 5.93. The molecule has 2 heterocycles. The highest BCUT2D eigenvalue weighted by Crippen LogP contribution is 2.27. The summed E-state index contributed by atoms with van der Waals surface area (Å²) in [4.78, 5) is 4.25. The zero-order valence-corrected chi connectivity index (χ0v) is 13.5. The van der Waals surface area contributed by atoms with Crippen LogP contribution >= 0.6 is 15.9 Å². The summed E-state index contributed by atoms with van der Waals surface area (Å²) in [5.41, 5.74) is 0. The number of hydrogen-bond acceptors (Lipinski definition) is 3. The Morgan fingerprint density at radius 1 is 1.37 bits per heavy atom. The van der Waals surface area contributed by atoms with Gasteiger partial charge >= 0.3 is 0 Å². The highest BCUT2D eigenvalue weighted by Gasteiger charge is 2.31. The summed E-state index contributed by atoms with van der Waals surface area (Å²) >= 11 is 3.28. The Bertz CT molecular complexity index is 533. The van der Waals surface area contributed by atoms with E-state index in [1.807, 2.05) is 0 Å². The summed E-state index contributed by atoms with van der Waals surface area (Å²) in [7, 11) is -3.43. The molecule has 0 saturated carbocycles. The lowest BCUT2D eigenvalue weighted by molar-refractivity contribution is 0.315. The zero-order valence-electron chi connectivity index (χ0n) is 11.0. The van der Waals surface area contributed by atoms with Crippen LogP contribution in [0.4, 0.5) is 0 Å². The lowest BCUT2D eigenvalue weighted by atomic mass is 10.1. The predicted octanol–water partition coefficient (Wildman–Crippen LogP) is 3.19. The first-order valence-electron chi connectivity index (χ1n) is 6.68. The number of halogens is 1. The van der Waals surface area contributed by atoms with Gasteiger partial charge in [-0.05, 0) is 41.3 Å². The molecule has 0 spiro atoms. The van der Waals surface area contributed by atoms with Crippen LogP contribution in [0, 0.1) is 0 Å². The Morgan fingerprint density at radius 2 is 2.16 bits per heavy atom. The summed E-state index contributed by atoms with van der Waals surface area (Å²) in [5, 5.41) is 0. The van der Waals surface area contributed by atoms with Crippen LogP contribution in [-0.4, -0.2) is 30.3 Å². The molecule has 2 rings (SSSR count). The van der Waals surface area contributed by atoms with E-state index in [1.54, 1.807) is 16.6 Å². The summed E-state index contributed by atoms with van der Waals surface area (Å²) in [5.74, 6) is 0. The first-order chi connectivity index (χ1) is 9.05. The highest BCUT2D eigenvalue weighted by molar-refractivity contribution is 9.10. The Labute approximate surface area is 123 Å². The summed E-state index contributed by atoms with van der Waals surface area (Å²) < 4.78 is 27.8. The molecule has 0 N–H and O–H groups in total. The van der Waals surface area contributed by atoms with Gasteiger partial charge in [-0.15, -0.1) is 0 Å². The predicted molar refractivity (Wildman–Crippen MR) is 78.4 cm³/mol. The highest BCUT2D eigenvalue weighted by atomic mass is 79.9. The number of aromatic nitrogens is 1. The summed E-state index contributed by atoms with van der Waals surface area (Å²) in [6.45, 7) is 2.67. The first-order valence-corrected chi connectivity index (χ1v) is 8.91. The lowest BCUT2D eigenvalue weighted by Gasteiger charge is -2.28. The van der Waals surface area contributed by atoms with E-state index in [9.17, 15) is 8.42 Å². The molecule has 106 valence electrons. The maximum absolute atomic E-state index is 12.7. The standard InChI is InChI=1S/C13H19BrN2O2S/c1-2-12-6-4-3-5-7-16(12)19(17,18)13-8-11(14)9-15-10-13/h8-10,12H,2-7H2,1H3. The summed E-state index contributed by atoms with van der Waals surface area (Å²) in [6.07, 6.45) is 8.01. The molecule has 1 saturated heterocycles. The van der Waals surface area contributed by atoms with Crippen LogP contribution in [0.3, 0.4) is 0 Å². The van der Waals surface area contributed by atoms with Gasteiger partial charge in [0.1, 0.15) is 4.90 Å². The third kappa shape index (κ3) is 3.35. The van der Waals surface area contributed by atoms with E-state index >= 15 is 0 Å². The first kappa shape index (κ1) is 14.9. The molecule has 0 aromatic carbocycles. The van der Waals surface area contributed by atoms with Crippen molar-refractivity contribution < 1.29 is 8.42 Å². The molecule has 1 aliphatic rings. The molecule has 1 aromatic rings. The van der Waals surface area contributed by atoms with Crippen molar-refractivity contribution in [3.63, 3.8) is 0 Å². The molecular formula is C13H19BrN2O2S. The molecular weight excluding hydrogens is 328 g/mol. The van der Waals surface area contributed by atoms with Gasteiger partial charge in [0.25, 0.3) is 0 Å². The van der Waals surface area contributed by atoms with Crippen LogP contribution in [-0.2, 0) is 10.0 Å². The van der Waals surface area contributed by atoms with Crippen LogP contribution in [0.2, 0.25) is 0 Å². The average Bonchev–Trinajstić information content (AvgIpc) is 2.64. The number of sulfonamides is 1. The van der Waals surface area contributed by atoms with E-state index in [0.717, 1.165) is 32.1 Å². The van der Waals surface area contributed by atoms with Gasteiger partial charge in [-0.3, -0.25) is 4.98 Å². The lowest BCUT2D eigenvalue weighted by Crippen LogP contribution is -2.39. The van der Waals surface area contributed by atoms with E-state index in [-0.39, 0.29) is 10.9 Å². The monoisotopic (exact) mass is 346 g/mol. The van der Waals surface area contributed by atoms with Crippen molar-refractivity contribution in [2.45, 2.75) is 50.0 Å². The van der Waals surface area contributed by atoms with Gasteiger partial charge < -0.3 is 0 Å². The maximum Gasteiger partial charge on any atom is 0.244 e. The fourth-order valence-corrected chi connectivity index (χ4v) is 4.82. The summed E-state index contributed by atoms with van der Waals surface area (Å²) in [6, 6.07) is 1.74. The Balaban J connectivity index is 2.36. The van der Waals surface area contributed by atoms with E-state index in [4.69, 9.17) is 0 Å². The molecule has 19 heavy (non-hydrogen) atoms. The zero-order chi connectivity index (χ0) is 13.9. The largest absolute Gasteiger partial charge is 0.262 e. The number of hydrogen-bond donors (Lipinski definition) is 0. The fourth-order valence-electron chi connectivity index (χ4n) is 2.54.